The Hall–Kier alpha value is -1.08. The second-order valence-corrected chi connectivity index (χ2v) is 6.44. The summed E-state index contributed by atoms with van der Waals surface area (Å²) in [7, 11) is 0. The fraction of sp³-hybridized carbons (Fsp3) is 0.533. The van der Waals surface area contributed by atoms with Crippen molar-refractivity contribution in [3.63, 3.8) is 0 Å². The van der Waals surface area contributed by atoms with E-state index in [4.69, 9.17) is 0 Å². The lowest BCUT2D eigenvalue weighted by Crippen LogP contribution is -2.35. The lowest BCUT2D eigenvalue weighted by atomic mass is 9.69. The Kier molecular flexibility index (Phi) is 5.17. The van der Waals surface area contributed by atoms with Crippen LogP contribution in [0.3, 0.4) is 0 Å². The van der Waals surface area contributed by atoms with E-state index in [9.17, 15) is 28.2 Å². The standard InChI is InChI=1S/C15H16BrF3O3/c16-12-6-8(4-5-11(12)15(17,18)19)10-3-1-2-9(7-20)13(10)14(21)22/h4-6,9-10,13,20H,1-3,7H2,(H,21,22)/t9-,10+,13+/m1/s1. The number of alkyl halides is 3. The molecule has 1 saturated carbocycles. The van der Waals surface area contributed by atoms with Gasteiger partial charge in [0.1, 0.15) is 0 Å². The fourth-order valence-electron chi connectivity index (χ4n) is 3.23. The molecule has 0 saturated heterocycles. The molecule has 0 amide bonds. The Morgan fingerprint density at radius 1 is 1.32 bits per heavy atom. The van der Waals surface area contributed by atoms with Gasteiger partial charge in [-0.1, -0.05) is 28.4 Å². The summed E-state index contributed by atoms with van der Waals surface area (Å²) in [5.41, 5.74) is -0.219. The van der Waals surface area contributed by atoms with Gasteiger partial charge in [-0.2, -0.15) is 13.2 Å². The van der Waals surface area contributed by atoms with Crippen molar-refractivity contribution in [2.45, 2.75) is 31.4 Å². The van der Waals surface area contributed by atoms with Crippen LogP contribution >= 0.6 is 15.9 Å². The minimum atomic E-state index is -4.45. The van der Waals surface area contributed by atoms with E-state index in [2.05, 4.69) is 15.9 Å². The van der Waals surface area contributed by atoms with Crippen molar-refractivity contribution >= 4 is 21.9 Å². The SMILES string of the molecule is O=C(O)[C@H]1[C@@H](CO)CCC[C@H]1c1ccc(C(F)(F)F)c(Br)c1. The van der Waals surface area contributed by atoms with Gasteiger partial charge in [0.2, 0.25) is 0 Å². The molecule has 1 aromatic rings. The highest BCUT2D eigenvalue weighted by Crippen LogP contribution is 2.43. The predicted molar refractivity (Wildman–Crippen MR) is 77.4 cm³/mol. The number of rotatable bonds is 3. The first kappa shape index (κ1) is 17.3. The maximum absolute atomic E-state index is 12.8. The first-order valence-electron chi connectivity index (χ1n) is 6.96. The van der Waals surface area contributed by atoms with Crippen LogP contribution in [-0.4, -0.2) is 22.8 Å². The number of benzene rings is 1. The summed E-state index contributed by atoms with van der Waals surface area (Å²) in [6.45, 7) is -0.227. The minimum absolute atomic E-state index is 0.0900. The monoisotopic (exact) mass is 380 g/mol. The van der Waals surface area contributed by atoms with Gasteiger partial charge >= 0.3 is 12.1 Å². The van der Waals surface area contributed by atoms with E-state index >= 15 is 0 Å². The number of aliphatic hydroxyl groups is 1. The summed E-state index contributed by atoms with van der Waals surface area (Å²) >= 11 is 2.92. The number of hydrogen-bond donors (Lipinski definition) is 2. The van der Waals surface area contributed by atoms with Crippen LogP contribution in [-0.2, 0) is 11.0 Å². The van der Waals surface area contributed by atoms with Crippen LogP contribution in [0, 0.1) is 11.8 Å². The number of carboxylic acid groups (broad SMARTS) is 1. The molecule has 3 atom stereocenters. The smallest absolute Gasteiger partial charge is 0.417 e. The van der Waals surface area contributed by atoms with Crippen molar-refractivity contribution in [3.05, 3.63) is 33.8 Å². The normalized spacial score (nSPS) is 26.0. The molecule has 122 valence electrons. The third-order valence-electron chi connectivity index (χ3n) is 4.28. The number of halogens is 4. The van der Waals surface area contributed by atoms with Gasteiger partial charge in [-0.15, -0.1) is 0 Å². The minimum Gasteiger partial charge on any atom is -0.481 e. The van der Waals surface area contributed by atoms with E-state index < -0.39 is 23.6 Å². The van der Waals surface area contributed by atoms with Gasteiger partial charge in [-0.3, -0.25) is 4.79 Å². The van der Waals surface area contributed by atoms with E-state index in [1.165, 1.54) is 12.1 Å². The molecule has 0 unspecified atom stereocenters. The summed E-state index contributed by atoms with van der Waals surface area (Å²) in [5, 5.41) is 18.8. The lowest BCUT2D eigenvalue weighted by Gasteiger charge is -2.35. The van der Waals surface area contributed by atoms with Gasteiger partial charge in [0.25, 0.3) is 0 Å². The zero-order chi connectivity index (χ0) is 16.5. The number of hydrogen-bond acceptors (Lipinski definition) is 2. The van der Waals surface area contributed by atoms with Gasteiger partial charge in [0, 0.05) is 11.1 Å². The lowest BCUT2D eigenvalue weighted by molar-refractivity contribution is -0.146. The quantitative estimate of drug-likeness (QED) is 0.831. The zero-order valence-electron chi connectivity index (χ0n) is 11.6. The van der Waals surface area contributed by atoms with Crippen LogP contribution in [0.25, 0.3) is 0 Å². The van der Waals surface area contributed by atoms with Gasteiger partial charge in [0.05, 0.1) is 11.5 Å². The van der Waals surface area contributed by atoms with Crippen LogP contribution in [0.4, 0.5) is 13.2 Å². The predicted octanol–water partition coefficient (Wildman–Crippen LogP) is 4.04. The van der Waals surface area contributed by atoms with Crippen LogP contribution in [0.15, 0.2) is 22.7 Å². The van der Waals surface area contributed by atoms with Gasteiger partial charge in [-0.05, 0) is 42.4 Å². The molecule has 1 aromatic carbocycles. The van der Waals surface area contributed by atoms with E-state index in [-0.39, 0.29) is 22.9 Å². The molecule has 0 aliphatic heterocycles. The summed E-state index contributed by atoms with van der Waals surface area (Å²) in [5.74, 6) is -2.54. The van der Waals surface area contributed by atoms with Crippen molar-refractivity contribution < 1.29 is 28.2 Å². The Labute approximate surface area is 134 Å². The summed E-state index contributed by atoms with van der Waals surface area (Å²) < 4.78 is 38.3. The maximum atomic E-state index is 12.8. The third-order valence-corrected chi connectivity index (χ3v) is 4.93. The number of carboxylic acids is 1. The van der Waals surface area contributed by atoms with E-state index in [1.54, 1.807) is 0 Å². The highest BCUT2D eigenvalue weighted by Gasteiger charge is 2.40. The maximum Gasteiger partial charge on any atom is 0.417 e. The molecule has 0 heterocycles. The summed E-state index contributed by atoms with van der Waals surface area (Å²) in [4.78, 5) is 11.5. The van der Waals surface area contributed by atoms with Crippen molar-refractivity contribution in [2.24, 2.45) is 11.8 Å². The molecule has 0 aromatic heterocycles. The van der Waals surface area contributed by atoms with E-state index in [0.29, 0.717) is 18.4 Å². The topological polar surface area (TPSA) is 57.5 Å². The molecule has 0 radical (unpaired) electrons. The Balaban J connectivity index is 2.37. The van der Waals surface area contributed by atoms with Crippen LogP contribution in [0.5, 0.6) is 0 Å². The Morgan fingerprint density at radius 3 is 2.50 bits per heavy atom. The molecule has 0 bridgehead atoms. The highest BCUT2D eigenvalue weighted by atomic mass is 79.9. The molecule has 1 fully saturated rings. The van der Waals surface area contributed by atoms with Gasteiger partial charge in [0.15, 0.2) is 0 Å². The Morgan fingerprint density at radius 2 is 2.00 bits per heavy atom. The molecule has 0 spiro atoms. The van der Waals surface area contributed by atoms with Crippen molar-refractivity contribution in [1.29, 1.82) is 0 Å². The van der Waals surface area contributed by atoms with E-state index in [1.807, 2.05) is 0 Å². The van der Waals surface area contributed by atoms with Gasteiger partial charge < -0.3 is 10.2 Å². The summed E-state index contributed by atoms with van der Waals surface area (Å²) in [6.07, 6.45) is -2.50. The third kappa shape index (κ3) is 3.46. The average molecular weight is 381 g/mol. The molecule has 1 aliphatic rings. The zero-order valence-corrected chi connectivity index (χ0v) is 13.2. The van der Waals surface area contributed by atoms with Crippen molar-refractivity contribution in [1.82, 2.24) is 0 Å². The average Bonchev–Trinajstić information content (AvgIpc) is 2.44. The number of aliphatic hydroxyl groups excluding tert-OH is 1. The van der Waals surface area contributed by atoms with E-state index in [0.717, 1.165) is 12.5 Å². The van der Waals surface area contributed by atoms with Crippen LogP contribution < -0.4 is 0 Å². The van der Waals surface area contributed by atoms with Crippen molar-refractivity contribution in [3.8, 4) is 0 Å². The first-order valence-corrected chi connectivity index (χ1v) is 7.75. The molecule has 2 N–H and O–H groups in total. The summed E-state index contributed by atoms with van der Waals surface area (Å²) in [6, 6.07) is 3.66. The molecule has 3 nitrogen and oxygen atoms in total. The second-order valence-electron chi connectivity index (χ2n) is 5.58. The molecule has 7 heteroatoms. The molecular weight excluding hydrogens is 365 g/mol. The molecule has 2 rings (SSSR count). The van der Waals surface area contributed by atoms with Crippen molar-refractivity contribution in [2.75, 3.05) is 6.61 Å². The Bertz CT molecular complexity index is 559. The molecular formula is C15H16BrF3O3. The molecule has 1 aliphatic carbocycles. The molecule has 22 heavy (non-hydrogen) atoms. The first-order chi connectivity index (χ1) is 10.3. The van der Waals surface area contributed by atoms with Crippen LogP contribution in [0.2, 0.25) is 0 Å². The second kappa shape index (κ2) is 6.58. The highest BCUT2D eigenvalue weighted by molar-refractivity contribution is 9.10. The largest absolute Gasteiger partial charge is 0.481 e. The van der Waals surface area contributed by atoms with Gasteiger partial charge in [-0.25, -0.2) is 0 Å². The number of carbonyl (C=O) groups is 1. The fourth-order valence-corrected chi connectivity index (χ4v) is 3.85. The number of aliphatic carboxylic acids is 1. The van der Waals surface area contributed by atoms with Crippen LogP contribution in [0.1, 0.15) is 36.3 Å².